The van der Waals surface area contributed by atoms with Gasteiger partial charge in [-0.2, -0.15) is 0 Å². The minimum Gasteiger partial charge on any atom is -0.455 e. The van der Waals surface area contributed by atoms with Crippen LogP contribution in [0.4, 0.5) is 0 Å². The molecule has 4 aromatic heterocycles. The Bertz CT molecular complexity index is 2740. The lowest BCUT2D eigenvalue weighted by atomic mass is 9.81. The van der Waals surface area contributed by atoms with Gasteiger partial charge in [-0.05, 0) is 58.1 Å². The summed E-state index contributed by atoms with van der Waals surface area (Å²) in [6.45, 7) is 4.62. The number of aromatic nitrogens is 3. The van der Waals surface area contributed by atoms with Gasteiger partial charge < -0.3 is 4.42 Å². The highest BCUT2D eigenvalue weighted by Gasteiger charge is 2.38. The Kier molecular flexibility index (Phi) is 5.59. The largest absolute Gasteiger partial charge is 0.455 e. The summed E-state index contributed by atoms with van der Waals surface area (Å²) in [4.78, 5) is 15.0. The normalized spacial score (nSPS) is 13.4. The molecule has 0 amide bonds. The predicted octanol–water partition coefficient (Wildman–Crippen LogP) is 11.4. The van der Waals surface area contributed by atoms with Crippen molar-refractivity contribution in [1.29, 1.82) is 0 Å². The van der Waals surface area contributed by atoms with E-state index in [0.29, 0.717) is 0 Å². The second-order valence-electron chi connectivity index (χ2n) is 13.2. The number of hydrogen-bond acceptors (Lipinski definition) is 4. The van der Waals surface area contributed by atoms with Crippen LogP contribution in [0.1, 0.15) is 25.0 Å². The molecule has 4 heterocycles. The molecule has 0 spiro atoms. The summed E-state index contributed by atoms with van der Waals surface area (Å²) in [6, 6.07) is 44.6. The zero-order valence-electron chi connectivity index (χ0n) is 26.5. The lowest BCUT2D eigenvalue weighted by Crippen LogP contribution is -2.15. The van der Waals surface area contributed by atoms with Crippen molar-refractivity contribution < 1.29 is 4.42 Å². The first-order valence-electron chi connectivity index (χ1n) is 16.3. The maximum absolute atomic E-state index is 6.67. The number of hydrogen-bond donors (Lipinski definition) is 0. The van der Waals surface area contributed by atoms with Crippen molar-refractivity contribution in [3.8, 4) is 44.8 Å². The van der Waals surface area contributed by atoms with Gasteiger partial charge in [0.05, 0.1) is 22.4 Å². The van der Waals surface area contributed by atoms with E-state index in [1.807, 2.05) is 30.6 Å². The summed E-state index contributed by atoms with van der Waals surface area (Å²) >= 11 is 0. The van der Waals surface area contributed by atoms with E-state index in [1.54, 1.807) is 0 Å². The number of furan rings is 1. The molecule has 0 bridgehead atoms. The van der Waals surface area contributed by atoms with Crippen molar-refractivity contribution in [3.05, 3.63) is 151 Å². The van der Waals surface area contributed by atoms with Crippen LogP contribution < -0.4 is 0 Å². The minimum absolute atomic E-state index is 0.158. The maximum atomic E-state index is 6.67. The molecule has 226 valence electrons. The molecule has 0 saturated carbocycles. The molecule has 0 fully saturated rings. The minimum atomic E-state index is -0.158. The summed E-state index contributed by atoms with van der Waals surface area (Å²) in [5.41, 5.74) is 14.6. The molecule has 4 heteroatoms. The van der Waals surface area contributed by atoms with Crippen LogP contribution in [0.2, 0.25) is 0 Å². The lowest BCUT2D eigenvalue weighted by Gasteiger charge is -2.22. The van der Waals surface area contributed by atoms with Gasteiger partial charge in [0, 0.05) is 56.0 Å². The molecule has 0 unspecified atom stereocenters. The predicted molar refractivity (Wildman–Crippen MR) is 196 cm³/mol. The van der Waals surface area contributed by atoms with Crippen molar-refractivity contribution in [2.75, 3.05) is 0 Å². The Morgan fingerprint density at radius 1 is 0.542 bits per heavy atom. The van der Waals surface area contributed by atoms with Crippen LogP contribution in [0.3, 0.4) is 0 Å². The first-order chi connectivity index (χ1) is 23.5. The van der Waals surface area contributed by atoms with Crippen molar-refractivity contribution >= 4 is 43.7 Å². The molecule has 10 rings (SSSR count). The third-order valence-corrected chi connectivity index (χ3v) is 10.1. The average molecular weight is 616 g/mol. The van der Waals surface area contributed by atoms with Crippen molar-refractivity contribution in [1.82, 2.24) is 15.0 Å². The Morgan fingerprint density at radius 2 is 1.29 bits per heavy atom. The van der Waals surface area contributed by atoms with Crippen LogP contribution in [-0.2, 0) is 5.41 Å². The molecule has 0 N–H and O–H groups in total. The fourth-order valence-corrected chi connectivity index (χ4v) is 7.70. The first-order valence-corrected chi connectivity index (χ1v) is 16.3. The summed E-state index contributed by atoms with van der Waals surface area (Å²) in [7, 11) is 0. The van der Waals surface area contributed by atoms with E-state index in [1.165, 1.54) is 22.3 Å². The maximum Gasteiger partial charge on any atom is 0.144 e. The number of pyridine rings is 3. The standard InChI is InChI=1S/C44H29N3O/c1-44(2)34-14-8-6-12-31(34)40-35(44)23-33(39-32-13-7-9-15-38(32)48-43(39)40)29-19-20-36(45-24-29)37-21-18-27-16-17-28-22-30(26-10-4-3-5-11-26)25-46-41(28)42(27)47-37/h3-25H,1-2H3. The highest BCUT2D eigenvalue weighted by molar-refractivity contribution is 6.18. The molecule has 5 aromatic carbocycles. The number of rotatable bonds is 3. The highest BCUT2D eigenvalue weighted by atomic mass is 16.3. The van der Waals surface area contributed by atoms with Gasteiger partial charge >= 0.3 is 0 Å². The fraction of sp³-hybridized carbons (Fsp3) is 0.0682. The third-order valence-electron chi connectivity index (χ3n) is 10.1. The van der Waals surface area contributed by atoms with E-state index in [4.69, 9.17) is 19.4 Å². The van der Waals surface area contributed by atoms with Crippen LogP contribution >= 0.6 is 0 Å². The van der Waals surface area contributed by atoms with Crippen LogP contribution in [0.25, 0.3) is 88.5 Å². The zero-order valence-corrected chi connectivity index (χ0v) is 26.5. The second-order valence-corrected chi connectivity index (χ2v) is 13.2. The van der Waals surface area contributed by atoms with Gasteiger partial charge in [0.25, 0.3) is 0 Å². The van der Waals surface area contributed by atoms with Gasteiger partial charge in [-0.25, -0.2) is 4.98 Å². The smallest absolute Gasteiger partial charge is 0.144 e. The first kappa shape index (κ1) is 27.0. The van der Waals surface area contributed by atoms with Crippen molar-refractivity contribution in [2.24, 2.45) is 0 Å². The summed E-state index contributed by atoms with van der Waals surface area (Å²) in [5, 5.41) is 4.36. The Labute approximate surface area is 277 Å². The highest BCUT2D eigenvalue weighted by Crippen LogP contribution is 2.54. The van der Waals surface area contributed by atoms with Crippen LogP contribution in [0.5, 0.6) is 0 Å². The van der Waals surface area contributed by atoms with E-state index >= 15 is 0 Å². The topological polar surface area (TPSA) is 51.8 Å². The summed E-state index contributed by atoms with van der Waals surface area (Å²) in [5.74, 6) is 0. The molecule has 0 radical (unpaired) electrons. The third kappa shape index (κ3) is 3.86. The van der Waals surface area contributed by atoms with E-state index < -0.39 is 0 Å². The van der Waals surface area contributed by atoms with Gasteiger partial charge in [-0.1, -0.05) is 111 Å². The monoisotopic (exact) mass is 615 g/mol. The molecular formula is C44H29N3O. The fourth-order valence-electron chi connectivity index (χ4n) is 7.70. The molecule has 0 aliphatic heterocycles. The Balaban J connectivity index is 1.11. The lowest BCUT2D eigenvalue weighted by molar-refractivity contribution is 0.653. The number of benzene rings is 5. The van der Waals surface area contributed by atoms with Gasteiger partial charge in [-0.15, -0.1) is 0 Å². The molecule has 0 saturated heterocycles. The second kappa shape index (κ2) is 9.93. The van der Waals surface area contributed by atoms with E-state index in [9.17, 15) is 0 Å². The van der Waals surface area contributed by atoms with Gasteiger partial charge in [0.15, 0.2) is 0 Å². The molecule has 1 aliphatic rings. The SMILES string of the molecule is CC1(C)c2ccccc2-c2c1cc(-c1ccc(-c3ccc4ccc5cc(-c6ccccc6)cnc5c4n3)nc1)c1c2oc2ccccc21. The molecular weight excluding hydrogens is 587 g/mol. The average Bonchev–Trinajstić information content (AvgIpc) is 3.64. The van der Waals surface area contributed by atoms with Crippen LogP contribution in [0.15, 0.2) is 144 Å². The van der Waals surface area contributed by atoms with E-state index in [-0.39, 0.29) is 5.41 Å². The quantitative estimate of drug-likeness (QED) is 0.186. The van der Waals surface area contributed by atoms with Crippen LogP contribution in [0, 0.1) is 0 Å². The van der Waals surface area contributed by atoms with Crippen molar-refractivity contribution in [3.63, 3.8) is 0 Å². The molecule has 48 heavy (non-hydrogen) atoms. The number of para-hydroxylation sites is 1. The molecule has 1 aliphatic carbocycles. The van der Waals surface area contributed by atoms with E-state index in [0.717, 1.165) is 77.4 Å². The van der Waals surface area contributed by atoms with Crippen molar-refractivity contribution in [2.45, 2.75) is 19.3 Å². The van der Waals surface area contributed by atoms with Crippen LogP contribution in [-0.4, -0.2) is 15.0 Å². The Hall–Kier alpha value is -6.13. The molecule has 0 atom stereocenters. The summed E-state index contributed by atoms with van der Waals surface area (Å²) < 4.78 is 6.67. The van der Waals surface area contributed by atoms with E-state index in [2.05, 4.69) is 123 Å². The number of nitrogens with zero attached hydrogens (tertiary/aromatic N) is 3. The van der Waals surface area contributed by atoms with Gasteiger partial charge in [-0.3, -0.25) is 9.97 Å². The van der Waals surface area contributed by atoms with Gasteiger partial charge in [0.2, 0.25) is 0 Å². The summed E-state index contributed by atoms with van der Waals surface area (Å²) in [6.07, 6.45) is 3.92. The number of fused-ring (bicyclic) bond motifs is 10. The zero-order chi connectivity index (χ0) is 32.0. The Morgan fingerprint density at radius 3 is 2.17 bits per heavy atom. The van der Waals surface area contributed by atoms with Gasteiger partial charge in [0.1, 0.15) is 11.2 Å². The molecule has 9 aromatic rings. The molecule has 4 nitrogen and oxygen atoms in total.